The van der Waals surface area contributed by atoms with Crippen LogP contribution >= 0.6 is 11.6 Å². The minimum absolute atomic E-state index is 0.0296. The van der Waals surface area contributed by atoms with Crippen molar-refractivity contribution in [2.45, 2.75) is 78.4 Å². The van der Waals surface area contributed by atoms with Gasteiger partial charge < -0.3 is 14.7 Å². The number of aromatic amines is 1. The SMILES string of the molecule is CC(C)(C)CN1Cc2c(cc(Cl)c3[nH]ncc23)CC[C@@H](CC(=O)N2CCC(N3Cc4ccccc4CC3=O)CC2)C1=O. The topological polar surface area (TPSA) is 89.6 Å². The van der Waals surface area contributed by atoms with Gasteiger partial charge in [-0.25, -0.2) is 0 Å². The average Bonchev–Trinajstić information content (AvgIpc) is 3.45. The Morgan fingerprint density at radius 1 is 1.05 bits per heavy atom. The van der Waals surface area contributed by atoms with E-state index in [4.69, 9.17) is 11.6 Å². The lowest BCUT2D eigenvalue weighted by molar-refractivity contribution is -0.144. The maximum atomic E-state index is 14.0. The first kappa shape index (κ1) is 28.7. The van der Waals surface area contributed by atoms with Gasteiger partial charge in [-0.3, -0.25) is 19.5 Å². The van der Waals surface area contributed by atoms with Gasteiger partial charge in [0.25, 0.3) is 0 Å². The van der Waals surface area contributed by atoms with Crippen molar-refractivity contribution in [2.24, 2.45) is 11.3 Å². The monoisotopic (exact) mass is 589 g/mol. The molecule has 1 saturated heterocycles. The number of piperidine rings is 1. The van der Waals surface area contributed by atoms with Crippen molar-refractivity contribution >= 4 is 40.2 Å². The highest BCUT2D eigenvalue weighted by Crippen LogP contribution is 2.35. The molecule has 0 bridgehead atoms. The van der Waals surface area contributed by atoms with E-state index in [0.29, 0.717) is 57.0 Å². The normalized spacial score (nSPS) is 20.4. The molecular weight excluding hydrogens is 550 g/mol. The Morgan fingerprint density at radius 2 is 1.79 bits per heavy atom. The first-order chi connectivity index (χ1) is 20.1. The van der Waals surface area contributed by atoms with Crippen molar-refractivity contribution in [3.63, 3.8) is 0 Å². The van der Waals surface area contributed by atoms with Gasteiger partial charge in [0, 0.05) is 56.5 Å². The summed E-state index contributed by atoms with van der Waals surface area (Å²) >= 11 is 6.59. The number of fused-ring (bicyclic) bond motifs is 4. The van der Waals surface area contributed by atoms with Gasteiger partial charge >= 0.3 is 0 Å². The van der Waals surface area contributed by atoms with Gasteiger partial charge in [-0.2, -0.15) is 5.10 Å². The van der Waals surface area contributed by atoms with E-state index in [2.05, 4.69) is 37.0 Å². The molecule has 3 amide bonds. The fourth-order valence-corrected chi connectivity index (χ4v) is 7.26. The second-order valence-corrected chi connectivity index (χ2v) is 13.8. The van der Waals surface area contributed by atoms with Crippen LogP contribution in [0.2, 0.25) is 5.02 Å². The summed E-state index contributed by atoms with van der Waals surface area (Å²) < 4.78 is 0. The van der Waals surface area contributed by atoms with Gasteiger partial charge in [-0.15, -0.1) is 0 Å². The van der Waals surface area contributed by atoms with Crippen LogP contribution in [0.4, 0.5) is 0 Å². The number of carbonyl (C=O) groups excluding carboxylic acids is 3. The van der Waals surface area contributed by atoms with E-state index in [1.807, 2.05) is 39.0 Å². The van der Waals surface area contributed by atoms with Gasteiger partial charge in [0.05, 0.1) is 23.2 Å². The number of rotatable bonds is 4. The third-order valence-corrected chi connectivity index (χ3v) is 9.43. The molecule has 222 valence electrons. The second-order valence-electron chi connectivity index (χ2n) is 13.4. The van der Waals surface area contributed by atoms with Crippen molar-refractivity contribution in [2.75, 3.05) is 19.6 Å². The minimum Gasteiger partial charge on any atom is -0.343 e. The Labute approximate surface area is 252 Å². The van der Waals surface area contributed by atoms with Crippen LogP contribution in [0, 0.1) is 11.3 Å². The number of hydrogen-bond donors (Lipinski definition) is 1. The molecule has 1 fully saturated rings. The van der Waals surface area contributed by atoms with E-state index in [-0.39, 0.29) is 41.5 Å². The Bertz CT molecular complexity index is 1520. The predicted octanol–water partition coefficient (Wildman–Crippen LogP) is 5.12. The molecule has 1 N–H and O–H groups in total. The number of halogens is 1. The molecule has 0 radical (unpaired) electrons. The molecule has 1 aromatic heterocycles. The van der Waals surface area contributed by atoms with Crippen LogP contribution in [0.3, 0.4) is 0 Å². The van der Waals surface area contributed by atoms with Crippen molar-refractivity contribution in [1.29, 1.82) is 0 Å². The number of H-pyrrole nitrogens is 1. The van der Waals surface area contributed by atoms with E-state index in [1.165, 1.54) is 5.56 Å². The van der Waals surface area contributed by atoms with Crippen LogP contribution in [-0.2, 0) is 40.3 Å². The molecular formula is C33H40ClN5O3. The largest absolute Gasteiger partial charge is 0.343 e. The Morgan fingerprint density at radius 3 is 2.52 bits per heavy atom. The van der Waals surface area contributed by atoms with Gasteiger partial charge in [0.2, 0.25) is 17.7 Å². The van der Waals surface area contributed by atoms with Gasteiger partial charge in [-0.05, 0) is 59.4 Å². The van der Waals surface area contributed by atoms with Crippen molar-refractivity contribution in [3.05, 3.63) is 63.8 Å². The van der Waals surface area contributed by atoms with Crippen molar-refractivity contribution in [1.82, 2.24) is 24.9 Å². The van der Waals surface area contributed by atoms with Crippen molar-refractivity contribution in [3.8, 4) is 0 Å². The molecule has 3 aromatic rings. The summed E-state index contributed by atoms with van der Waals surface area (Å²) in [5, 5.41) is 8.79. The number of carbonyl (C=O) groups is 3. The third-order valence-electron chi connectivity index (χ3n) is 9.13. The standard InChI is InChI=1S/C33H40ClN5O3/c1-33(2,3)20-38-19-27-22(14-28(34)31-26(27)17-35-36-31)8-9-23(32(38)42)16-29(40)37-12-10-25(11-13-37)39-18-24-7-5-4-6-21(24)15-30(39)41/h4-7,14,17,23,25H,8-13,15-16,18-20H2,1-3H3,(H,35,36)/t23-/m0/s1. The summed E-state index contributed by atoms with van der Waals surface area (Å²) in [6.07, 6.45) is 5.26. The molecule has 0 aliphatic carbocycles. The summed E-state index contributed by atoms with van der Waals surface area (Å²) in [7, 11) is 0. The Kier molecular flexibility index (Phi) is 7.77. The zero-order valence-electron chi connectivity index (χ0n) is 24.8. The van der Waals surface area contributed by atoms with Crippen LogP contribution < -0.4 is 0 Å². The quantitative estimate of drug-likeness (QED) is 0.457. The molecule has 6 rings (SSSR count). The number of likely N-dealkylation sites (tertiary alicyclic amines) is 1. The van der Waals surface area contributed by atoms with Crippen molar-refractivity contribution < 1.29 is 14.4 Å². The van der Waals surface area contributed by atoms with Crippen LogP contribution in [0.1, 0.15) is 68.7 Å². The summed E-state index contributed by atoms with van der Waals surface area (Å²) in [5.41, 5.74) is 5.24. The highest BCUT2D eigenvalue weighted by molar-refractivity contribution is 6.35. The number of amides is 3. The molecule has 8 nitrogen and oxygen atoms in total. The maximum absolute atomic E-state index is 14.0. The molecule has 0 unspecified atom stereocenters. The van der Waals surface area contributed by atoms with E-state index in [1.54, 1.807) is 6.20 Å². The summed E-state index contributed by atoms with van der Waals surface area (Å²) in [6, 6.07) is 10.3. The highest BCUT2D eigenvalue weighted by atomic mass is 35.5. The smallest absolute Gasteiger partial charge is 0.227 e. The lowest BCUT2D eigenvalue weighted by Gasteiger charge is -2.41. The zero-order valence-corrected chi connectivity index (χ0v) is 25.5. The first-order valence-electron chi connectivity index (χ1n) is 15.1. The van der Waals surface area contributed by atoms with Crippen LogP contribution in [0.5, 0.6) is 0 Å². The zero-order chi connectivity index (χ0) is 29.6. The molecule has 0 spiro atoms. The number of benzene rings is 2. The molecule has 4 heterocycles. The Balaban J connectivity index is 1.14. The number of nitrogens with one attached hydrogen (secondary N) is 1. The van der Waals surface area contributed by atoms with Crippen LogP contribution in [-0.4, -0.2) is 68.3 Å². The van der Waals surface area contributed by atoms with Gasteiger partial charge in [0.1, 0.15) is 0 Å². The molecule has 9 heteroatoms. The van der Waals surface area contributed by atoms with E-state index in [0.717, 1.165) is 40.4 Å². The van der Waals surface area contributed by atoms with E-state index >= 15 is 0 Å². The van der Waals surface area contributed by atoms with Gasteiger partial charge in [-0.1, -0.05) is 56.6 Å². The fourth-order valence-electron chi connectivity index (χ4n) is 6.99. The Hall–Kier alpha value is -3.39. The molecule has 42 heavy (non-hydrogen) atoms. The van der Waals surface area contributed by atoms with E-state index in [9.17, 15) is 14.4 Å². The second kappa shape index (κ2) is 11.4. The number of nitrogens with zero attached hydrogens (tertiary/aromatic N) is 4. The molecule has 2 aromatic carbocycles. The molecule has 0 saturated carbocycles. The summed E-state index contributed by atoms with van der Waals surface area (Å²) in [6.45, 7) is 9.32. The van der Waals surface area contributed by atoms with Gasteiger partial charge in [0.15, 0.2) is 0 Å². The fraction of sp³-hybridized carbons (Fsp3) is 0.515. The summed E-state index contributed by atoms with van der Waals surface area (Å²) in [4.78, 5) is 46.4. The number of hydrogen-bond acceptors (Lipinski definition) is 4. The predicted molar refractivity (Wildman–Crippen MR) is 163 cm³/mol. The maximum Gasteiger partial charge on any atom is 0.227 e. The summed E-state index contributed by atoms with van der Waals surface area (Å²) in [5.74, 6) is -0.139. The lowest BCUT2D eigenvalue weighted by atomic mass is 9.87. The molecule has 3 aliphatic rings. The molecule has 3 aliphatic heterocycles. The van der Waals surface area contributed by atoms with E-state index < -0.39 is 0 Å². The third kappa shape index (κ3) is 5.78. The minimum atomic E-state index is -0.385. The number of aryl methyl sites for hydroxylation is 1. The molecule has 1 atom stereocenters. The highest BCUT2D eigenvalue weighted by Gasteiger charge is 2.36. The number of aromatic nitrogens is 2. The van der Waals surface area contributed by atoms with Crippen LogP contribution in [0.25, 0.3) is 10.9 Å². The lowest BCUT2D eigenvalue weighted by Crippen LogP contribution is -2.50. The van der Waals surface area contributed by atoms with Crippen LogP contribution in [0.15, 0.2) is 36.5 Å². The first-order valence-corrected chi connectivity index (χ1v) is 15.5. The average molecular weight is 590 g/mol.